The van der Waals surface area contributed by atoms with Gasteiger partial charge in [-0.15, -0.1) is 0 Å². The molecule has 0 unspecified atom stereocenters. The number of nitrogens with one attached hydrogen (secondary N) is 1. The highest BCUT2D eigenvalue weighted by atomic mass is 16.5. The van der Waals surface area contributed by atoms with E-state index in [1.165, 1.54) is 0 Å². The number of aromatic nitrogens is 4. The van der Waals surface area contributed by atoms with Gasteiger partial charge in [0, 0.05) is 58.3 Å². The Morgan fingerprint density at radius 3 is 2.75 bits per heavy atom. The molecule has 1 fully saturated rings. The lowest BCUT2D eigenvalue weighted by molar-refractivity contribution is 0.117. The molecule has 0 radical (unpaired) electrons. The summed E-state index contributed by atoms with van der Waals surface area (Å²) in [5, 5.41) is 9.08. The number of piperazine rings is 1. The Balaban J connectivity index is 1.39. The van der Waals surface area contributed by atoms with Crippen LogP contribution in [-0.2, 0) is 11.3 Å². The van der Waals surface area contributed by atoms with Crippen LogP contribution in [0, 0.1) is 0 Å². The van der Waals surface area contributed by atoms with Crippen molar-refractivity contribution in [2.24, 2.45) is 0 Å². The van der Waals surface area contributed by atoms with Gasteiger partial charge in [-0.3, -0.25) is 4.90 Å². The van der Waals surface area contributed by atoms with E-state index in [1.807, 2.05) is 23.0 Å². The van der Waals surface area contributed by atoms with Gasteiger partial charge >= 0.3 is 0 Å². The largest absolute Gasteiger partial charge is 0.490 e. The van der Waals surface area contributed by atoms with Crippen molar-refractivity contribution >= 4 is 22.8 Å². The zero-order chi connectivity index (χ0) is 25.1. The fourth-order valence-corrected chi connectivity index (χ4v) is 4.84. The second-order valence-corrected chi connectivity index (χ2v) is 9.80. The normalized spacial score (nSPS) is 18.6. The van der Waals surface area contributed by atoms with Crippen molar-refractivity contribution in [1.29, 1.82) is 0 Å². The summed E-state index contributed by atoms with van der Waals surface area (Å²) in [6.07, 6.45) is 2.79. The summed E-state index contributed by atoms with van der Waals surface area (Å²) in [6.45, 7) is 12.9. The molecule has 1 saturated heterocycles. The van der Waals surface area contributed by atoms with E-state index < -0.39 is 0 Å². The number of hydrogen-bond acceptors (Lipinski definition) is 9. The molecule has 1 aromatic carbocycles. The fraction of sp³-hybridized carbons (Fsp3) is 0.577. The number of fused-ring (bicyclic) bond motifs is 2. The van der Waals surface area contributed by atoms with Gasteiger partial charge in [0.2, 0.25) is 5.95 Å². The van der Waals surface area contributed by atoms with E-state index >= 15 is 0 Å². The van der Waals surface area contributed by atoms with Crippen LogP contribution >= 0.6 is 0 Å². The quantitative estimate of drug-likeness (QED) is 0.505. The van der Waals surface area contributed by atoms with Gasteiger partial charge in [0.15, 0.2) is 17.1 Å². The number of benzene rings is 1. The first-order valence-electron chi connectivity index (χ1n) is 12.9. The van der Waals surface area contributed by atoms with E-state index in [-0.39, 0.29) is 6.04 Å². The smallest absolute Gasteiger partial charge is 0.227 e. The molecule has 2 aromatic heterocycles. The Bertz CT molecular complexity index is 1180. The molecule has 10 heteroatoms. The van der Waals surface area contributed by atoms with Gasteiger partial charge < -0.3 is 24.4 Å². The maximum absolute atomic E-state index is 5.86. The van der Waals surface area contributed by atoms with Crippen LogP contribution in [0.4, 0.5) is 11.8 Å². The highest BCUT2D eigenvalue weighted by molar-refractivity contribution is 5.88. The van der Waals surface area contributed by atoms with Gasteiger partial charge in [0.1, 0.15) is 5.82 Å². The summed E-state index contributed by atoms with van der Waals surface area (Å²) in [5.41, 5.74) is 1.94. The van der Waals surface area contributed by atoms with Gasteiger partial charge in [-0.05, 0) is 38.5 Å². The molecule has 2 aliphatic heterocycles. The summed E-state index contributed by atoms with van der Waals surface area (Å²) < 4.78 is 18.9. The Morgan fingerprint density at radius 2 is 1.97 bits per heavy atom. The fourth-order valence-electron chi connectivity index (χ4n) is 4.84. The van der Waals surface area contributed by atoms with E-state index in [9.17, 15) is 0 Å². The summed E-state index contributed by atoms with van der Waals surface area (Å²) in [7, 11) is 1.76. The van der Waals surface area contributed by atoms with Crippen molar-refractivity contribution in [1.82, 2.24) is 24.6 Å². The molecule has 0 saturated carbocycles. The Labute approximate surface area is 212 Å². The molecule has 5 rings (SSSR count). The first-order valence-corrected chi connectivity index (χ1v) is 12.9. The molecule has 3 aromatic rings. The molecule has 0 aliphatic carbocycles. The minimum atomic E-state index is 0.199. The third kappa shape index (κ3) is 5.19. The van der Waals surface area contributed by atoms with Crippen LogP contribution in [0.5, 0.6) is 11.5 Å². The number of rotatable bonds is 8. The first-order chi connectivity index (χ1) is 17.5. The Kier molecular flexibility index (Phi) is 7.43. The van der Waals surface area contributed by atoms with Gasteiger partial charge in [-0.25, -0.2) is 4.68 Å². The van der Waals surface area contributed by atoms with Crippen LogP contribution in [0.1, 0.15) is 38.8 Å². The maximum Gasteiger partial charge on any atom is 0.227 e. The number of anilines is 2. The third-order valence-corrected chi connectivity index (χ3v) is 6.83. The van der Waals surface area contributed by atoms with E-state index in [4.69, 9.17) is 24.2 Å². The maximum atomic E-state index is 5.86. The van der Waals surface area contributed by atoms with E-state index in [1.54, 1.807) is 7.11 Å². The molecule has 1 N–H and O–H groups in total. The first kappa shape index (κ1) is 24.6. The second-order valence-electron chi connectivity index (χ2n) is 9.80. The van der Waals surface area contributed by atoms with E-state index in [0.717, 1.165) is 73.1 Å². The van der Waals surface area contributed by atoms with Crippen molar-refractivity contribution in [2.45, 2.75) is 45.8 Å². The standard InChI is InChI=1S/C26H37N7O3/c1-18(2)33-25-21(16-28-33)24(32-9-8-31(10-13-34-4)19(3)17-32)29-26(30-25)27-15-20-6-7-22-23(14-20)36-12-5-11-35-22/h6-7,14,16,18-19H,5,8-13,15,17H2,1-4H3,(H,27,29,30)/t19-/m1/s1. The molecule has 36 heavy (non-hydrogen) atoms. The summed E-state index contributed by atoms with van der Waals surface area (Å²) >= 11 is 0. The van der Waals surface area contributed by atoms with Crippen molar-refractivity contribution in [3.63, 3.8) is 0 Å². The molecular formula is C26H37N7O3. The van der Waals surface area contributed by atoms with Crippen molar-refractivity contribution in [2.75, 3.05) is 63.3 Å². The van der Waals surface area contributed by atoms with Gasteiger partial charge in [-0.2, -0.15) is 15.1 Å². The minimum Gasteiger partial charge on any atom is -0.490 e. The van der Waals surface area contributed by atoms with Crippen molar-refractivity contribution in [3.05, 3.63) is 30.0 Å². The van der Waals surface area contributed by atoms with Gasteiger partial charge in [0.05, 0.1) is 31.4 Å². The van der Waals surface area contributed by atoms with Crippen LogP contribution in [0.15, 0.2) is 24.4 Å². The van der Waals surface area contributed by atoms with Crippen LogP contribution < -0.4 is 19.7 Å². The van der Waals surface area contributed by atoms with E-state index in [2.05, 4.69) is 47.1 Å². The lowest BCUT2D eigenvalue weighted by Gasteiger charge is -2.40. The lowest BCUT2D eigenvalue weighted by atomic mass is 10.2. The van der Waals surface area contributed by atoms with Crippen molar-refractivity contribution < 1.29 is 14.2 Å². The Hall–Kier alpha value is -3.11. The minimum absolute atomic E-state index is 0.199. The SMILES string of the molecule is COCCN1CCN(c2nc(NCc3ccc4c(c3)OCCCO4)nc3c2cnn3C(C)C)C[C@H]1C. The lowest BCUT2D eigenvalue weighted by Crippen LogP contribution is -2.53. The zero-order valence-corrected chi connectivity index (χ0v) is 21.7. The van der Waals surface area contributed by atoms with Gasteiger partial charge in [0.25, 0.3) is 0 Å². The molecule has 0 bridgehead atoms. The average Bonchev–Trinajstić information content (AvgIpc) is 3.17. The molecule has 0 spiro atoms. The molecule has 194 valence electrons. The summed E-state index contributed by atoms with van der Waals surface area (Å²) in [4.78, 5) is 14.7. The number of ether oxygens (including phenoxy) is 3. The second kappa shape index (κ2) is 10.9. The molecule has 0 amide bonds. The van der Waals surface area contributed by atoms with Crippen LogP contribution in [0.25, 0.3) is 11.0 Å². The Morgan fingerprint density at radius 1 is 1.14 bits per heavy atom. The number of methoxy groups -OCH3 is 1. The number of hydrogen-bond donors (Lipinski definition) is 1. The third-order valence-electron chi connectivity index (χ3n) is 6.83. The highest BCUT2D eigenvalue weighted by Crippen LogP contribution is 2.31. The molecule has 2 aliphatic rings. The van der Waals surface area contributed by atoms with Crippen LogP contribution in [0.3, 0.4) is 0 Å². The predicted octanol–water partition coefficient (Wildman–Crippen LogP) is 3.34. The summed E-state index contributed by atoms with van der Waals surface area (Å²) in [5.74, 6) is 3.13. The summed E-state index contributed by atoms with van der Waals surface area (Å²) in [6, 6.07) is 6.67. The molecule has 10 nitrogen and oxygen atoms in total. The molecular weight excluding hydrogens is 458 g/mol. The van der Waals surface area contributed by atoms with E-state index in [0.29, 0.717) is 31.7 Å². The monoisotopic (exact) mass is 495 g/mol. The highest BCUT2D eigenvalue weighted by Gasteiger charge is 2.27. The zero-order valence-electron chi connectivity index (χ0n) is 21.7. The average molecular weight is 496 g/mol. The predicted molar refractivity (Wildman–Crippen MR) is 140 cm³/mol. The molecule has 1 atom stereocenters. The van der Waals surface area contributed by atoms with Crippen molar-refractivity contribution in [3.8, 4) is 11.5 Å². The molecule has 4 heterocycles. The van der Waals surface area contributed by atoms with Crippen LogP contribution in [0.2, 0.25) is 0 Å². The van der Waals surface area contributed by atoms with Crippen LogP contribution in [-0.4, -0.2) is 83.8 Å². The van der Waals surface area contributed by atoms with Gasteiger partial charge in [-0.1, -0.05) is 6.07 Å². The number of nitrogens with zero attached hydrogens (tertiary/aromatic N) is 6. The topological polar surface area (TPSA) is 89.8 Å².